The van der Waals surface area contributed by atoms with Gasteiger partial charge in [0.1, 0.15) is 18.3 Å². The minimum atomic E-state index is -2.65. The van der Waals surface area contributed by atoms with Crippen LogP contribution in [0.2, 0.25) is 0 Å². The highest BCUT2D eigenvalue weighted by Gasteiger charge is 2.53. The van der Waals surface area contributed by atoms with Gasteiger partial charge in [0, 0.05) is 0 Å². The molecule has 0 aromatic rings. The second-order valence-electron chi connectivity index (χ2n) is 3.45. The predicted molar refractivity (Wildman–Crippen MR) is 47.6 cm³/mol. The Balaban J connectivity index is 2.89. The molecule has 0 aliphatic carbocycles. The molecule has 1 aliphatic heterocycles. The quantitative estimate of drug-likeness (QED) is 0.239. The standard InChI is InChI=1S/C7H14N2O7/c8-6(14)9-7(15)5(13)4(12)3(11)2(1-10)16-7/h2-5,10-13,15H,1H2,(H3,8,9,14)/t2-,3-,4+,5-,7?/m1/s1. The third-order valence-corrected chi connectivity index (χ3v) is 2.27. The number of hydrogen-bond donors (Lipinski definition) is 7. The summed E-state index contributed by atoms with van der Waals surface area (Å²) in [5, 5.41) is 48.2. The SMILES string of the molecule is NC(=O)NC1(O)O[C@H](CO)[C@@H](O)[C@H](O)[C@H]1O. The third-order valence-electron chi connectivity index (χ3n) is 2.27. The fourth-order valence-electron chi connectivity index (χ4n) is 1.43. The van der Waals surface area contributed by atoms with E-state index in [4.69, 9.17) is 10.8 Å². The summed E-state index contributed by atoms with van der Waals surface area (Å²) in [4.78, 5) is 10.6. The summed E-state index contributed by atoms with van der Waals surface area (Å²) >= 11 is 0. The van der Waals surface area contributed by atoms with Gasteiger partial charge in [0.05, 0.1) is 6.61 Å². The Morgan fingerprint density at radius 1 is 1.38 bits per heavy atom. The first-order valence-electron chi connectivity index (χ1n) is 4.44. The summed E-state index contributed by atoms with van der Waals surface area (Å²) in [6, 6.07) is -1.21. The molecule has 0 saturated carbocycles. The lowest BCUT2D eigenvalue weighted by molar-refractivity contribution is -0.356. The van der Waals surface area contributed by atoms with Crippen molar-refractivity contribution in [1.82, 2.24) is 5.32 Å². The number of aliphatic hydroxyl groups is 5. The molecular formula is C7H14N2O7. The summed E-state index contributed by atoms with van der Waals surface area (Å²) in [7, 11) is 0. The summed E-state index contributed by atoms with van der Waals surface area (Å²) in [6.45, 7) is -0.728. The molecular weight excluding hydrogens is 224 g/mol. The number of ether oxygens (including phenoxy) is 1. The Morgan fingerprint density at radius 3 is 2.38 bits per heavy atom. The smallest absolute Gasteiger partial charge is 0.316 e. The highest BCUT2D eigenvalue weighted by atomic mass is 16.7. The van der Waals surface area contributed by atoms with Crippen molar-refractivity contribution in [1.29, 1.82) is 0 Å². The number of aliphatic hydroxyl groups excluding tert-OH is 4. The molecule has 0 spiro atoms. The molecule has 0 aromatic heterocycles. The summed E-state index contributed by atoms with van der Waals surface area (Å²) in [5.74, 6) is -2.65. The van der Waals surface area contributed by atoms with Crippen molar-refractivity contribution in [2.24, 2.45) is 5.73 Å². The molecule has 1 unspecified atom stereocenters. The number of urea groups is 1. The first-order chi connectivity index (χ1) is 7.31. The average molecular weight is 238 g/mol. The highest BCUT2D eigenvalue weighted by Crippen LogP contribution is 2.25. The number of hydrogen-bond acceptors (Lipinski definition) is 7. The Hall–Kier alpha value is -0.970. The number of nitrogens with two attached hydrogens (primary N) is 1. The Bertz CT molecular complexity index is 273. The third kappa shape index (κ3) is 2.24. The highest BCUT2D eigenvalue weighted by molar-refractivity contribution is 5.72. The fourth-order valence-corrected chi connectivity index (χ4v) is 1.43. The number of nitrogens with one attached hydrogen (secondary N) is 1. The molecule has 1 heterocycles. The monoisotopic (exact) mass is 238 g/mol. The maximum atomic E-state index is 10.6. The van der Waals surface area contributed by atoms with Crippen LogP contribution < -0.4 is 11.1 Å². The topological polar surface area (TPSA) is 166 Å². The van der Waals surface area contributed by atoms with Crippen molar-refractivity contribution in [3.63, 3.8) is 0 Å². The van der Waals surface area contributed by atoms with Gasteiger partial charge in [-0.15, -0.1) is 0 Å². The van der Waals surface area contributed by atoms with Crippen LogP contribution in [0.25, 0.3) is 0 Å². The van der Waals surface area contributed by atoms with Crippen LogP contribution in [0.4, 0.5) is 4.79 Å². The van der Waals surface area contributed by atoms with Crippen LogP contribution in [0.1, 0.15) is 0 Å². The van der Waals surface area contributed by atoms with Crippen LogP contribution >= 0.6 is 0 Å². The van der Waals surface area contributed by atoms with Crippen molar-refractivity contribution in [2.45, 2.75) is 30.3 Å². The molecule has 16 heavy (non-hydrogen) atoms. The molecule has 1 saturated heterocycles. The van der Waals surface area contributed by atoms with E-state index in [1.807, 2.05) is 0 Å². The molecule has 8 N–H and O–H groups in total. The lowest BCUT2D eigenvalue weighted by atomic mass is 9.96. The first kappa shape index (κ1) is 13.1. The average Bonchev–Trinajstić information content (AvgIpc) is 2.20. The van der Waals surface area contributed by atoms with Gasteiger partial charge in [0.2, 0.25) is 0 Å². The number of carbonyl (C=O) groups is 1. The van der Waals surface area contributed by atoms with Gasteiger partial charge >= 0.3 is 6.03 Å². The maximum Gasteiger partial charge on any atom is 0.316 e. The van der Waals surface area contributed by atoms with Crippen molar-refractivity contribution in [2.75, 3.05) is 6.61 Å². The van der Waals surface area contributed by atoms with Crippen molar-refractivity contribution in [3.05, 3.63) is 0 Å². The van der Waals surface area contributed by atoms with Gasteiger partial charge in [-0.05, 0) is 0 Å². The van der Waals surface area contributed by atoms with Crippen LogP contribution in [-0.4, -0.2) is 68.5 Å². The van der Waals surface area contributed by atoms with Crippen LogP contribution in [0, 0.1) is 0 Å². The molecule has 1 fully saturated rings. The Kier molecular flexibility index (Phi) is 3.68. The number of carbonyl (C=O) groups excluding carboxylic acids is 1. The number of amides is 2. The summed E-state index contributed by atoms with van der Waals surface area (Å²) in [6.07, 6.45) is -6.77. The molecule has 0 bridgehead atoms. The lowest BCUT2D eigenvalue weighted by Gasteiger charge is -2.44. The van der Waals surface area contributed by atoms with Crippen molar-refractivity contribution < 1.29 is 35.1 Å². The van der Waals surface area contributed by atoms with E-state index < -0.39 is 43.0 Å². The van der Waals surface area contributed by atoms with E-state index in [1.165, 1.54) is 0 Å². The minimum Gasteiger partial charge on any atom is -0.394 e. The second kappa shape index (κ2) is 4.49. The molecule has 1 aliphatic rings. The largest absolute Gasteiger partial charge is 0.394 e. The molecule has 9 heteroatoms. The lowest BCUT2D eigenvalue weighted by Crippen LogP contribution is -2.71. The van der Waals surface area contributed by atoms with E-state index in [9.17, 15) is 25.2 Å². The van der Waals surface area contributed by atoms with E-state index in [-0.39, 0.29) is 0 Å². The van der Waals surface area contributed by atoms with Crippen LogP contribution in [0.3, 0.4) is 0 Å². The molecule has 1 rings (SSSR count). The van der Waals surface area contributed by atoms with Gasteiger partial charge in [-0.25, -0.2) is 4.79 Å². The van der Waals surface area contributed by atoms with Crippen LogP contribution in [-0.2, 0) is 4.74 Å². The Labute approximate surface area is 90.1 Å². The van der Waals surface area contributed by atoms with Crippen molar-refractivity contribution >= 4 is 6.03 Å². The van der Waals surface area contributed by atoms with Gasteiger partial charge in [-0.1, -0.05) is 0 Å². The maximum absolute atomic E-state index is 10.6. The van der Waals surface area contributed by atoms with Gasteiger partial charge in [-0.3, -0.25) is 5.32 Å². The summed E-state index contributed by atoms with van der Waals surface area (Å²) < 4.78 is 4.66. The van der Waals surface area contributed by atoms with E-state index >= 15 is 0 Å². The van der Waals surface area contributed by atoms with Gasteiger partial charge in [-0.2, -0.15) is 0 Å². The predicted octanol–water partition coefficient (Wildman–Crippen LogP) is -4.23. The molecule has 0 aromatic carbocycles. The molecule has 9 nitrogen and oxygen atoms in total. The normalized spacial score (nSPS) is 44.1. The van der Waals surface area contributed by atoms with E-state index in [0.717, 1.165) is 0 Å². The summed E-state index contributed by atoms with van der Waals surface area (Å²) in [5.41, 5.74) is 4.73. The van der Waals surface area contributed by atoms with Gasteiger partial charge in [0.25, 0.3) is 5.91 Å². The Morgan fingerprint density at radius 2 is 1.94 bits per heavy atom. The zero-order chi connectivity index (χ0) is 12.5. The fraction of sp³-hybridized carbons (Fsp3) is 0.857. The van der Waals surface area contributed by atoms with Crippen LogP contribution in [0.5, 0.6) is 0 Å². The first-order valence-corrected chi connectivity index (χ1v) is 4.44. The zero-order valence-electron chi connectivity index (χ0n) is 8.15. The minimum absolute atomic E-state index is 0.728. The van der Waals surface area contributed by atoms with E-state index in [1.54, 1.807) is 5.32 Å². The van der Waals surface area contributed by atoms with Gasteiger partial charge < -0.3 is 36.0 Å². The van der Waals surface area contributed by atoms with E-state index in [0.29, 0.717) is 0 Å². The van der Waals surface area contributed by atoms with Crippen molar-refractivity contribution in [3.8, 4) is 0 Å². The molecule has 94 valence electrons. The molecule has 0 radical (unpaired) electrons. The van der Waals surface area contributed by atoms with Gasteiger partial charge in [0.15, 0.2) is 6.10 Å². The zero-order valence-corrected chi connectivity index (χ0v) is 8.15. The second-order valence-corrected chi connectivity index (χ2v) is 3.45. The molecule has 2 amide bonds. The number of rotatable bonds is 2. The van der Waals surface area contributed by atoms with E-state index in [2.05, 4.69) is 4.74 Å². The number of primary amides is 1. The van der Waals surface area contributed by atoms with Crippen LogP contribution in [0.15, 0.2) is 0 Å². The molecule has 5 atom stereocenters.